The number of hydrogen-bond donors (Lipinski definition) is 2. The van der Waals surface area contributed by atoms with Crippen LogP contribution >= 0.6 is 0 Å². The van der Waals surface area contributed by atoms with E-state index in [9.17, 15) is 14.4 Å². The van der Waals surface area contributed by atoms with Gasteiger partial charge >= 0.3 is 5.69 Å². The third kappa shape index (κ3) is 4.22. The molecule has 0 aliphatic rings. The molecule has 0 saturated heterocycles. The quantitative estimate of drug-likeness (QED) is 0.495. The van der Waals surface area contributed by atoms with Gasteiger partial charge in [0, 0.05) is 39.3 Å². The number of aromatic nitrogens is 4. The van der Waals surface area contributed by atoms with Crippen molar-refractivity contribution in [2.45, 2.75) is 12.8 Å². The van der Waals surface area contributed by atoms with Gasteiger partial charge in [-0.15, -0.1) is 0 Å². The maximum absolute atomic E-state index is 12.0. The summed E-state index contributed by atoms with van der Waals surface area (Å²) in [5, 5.41) is 2.77. The molecule has 0 fully saturated rings. The minimum absolute atomic E-state index is 0.275. The van der Waals surface area contributed by atoms with Crippen LogP contribution < -0.4 is 16.6 Å². The highest BCUT2D eigenvalue weighted by atomic mass is 16.2. The minimum atomic E-state index is -0.438. The van der Waals surface area contributed by atoms with Gasteiger partial charge in [0.1, 0.15) is 5.82 Å². The van der Waals surface area contributed by atoms with Crippen molar-refractivity contribution in [1.82, 2.24) is 24.4 Å². The largest absolute Gasteiger partial charge is 0.353 e. The first-order valence-corrected chi connectivity index (χ1v) is 8.62. The van der Waals surface area contributed by atoms with Gasteiger partial charge in [-0.3, -0.25) is 14.2 Å². The molecule has 27 heavy (non-hydrogen) atoms. The van der Waals surface area contributed by atoms with Crippen LogP contribution in [0.3, 0.4) is 0 Å². The monoisotopic (exact) mass is 367 g/mol. The van der Waals surface area contributed by atoms with E-state index in [1.165, 1.54) is 30.0 Å². The number of aromatic amines is 1. The van der Waals surface area contributed by atoms with Gasteiger partial charge in [-0.2, -0.15) is 0 Å². The summed E-state index contributed by atoms with van der Waals surface area (Å²) in [5.41, 5.74) is 1.35. The van der Waals surface area contributed by atoms with E-state index in [0.29, 0.717) is 6.54 Å². The van der Waals surface area contributed by atoms with E-state index in [0.717, 1.165) is 34.3 Å². The zero-order valence-electron chi connectivity index (χ0n) is 15.2. The summed E-state index contributed by atoms with van der Waals surface area (Å²) in [5.74, 6) is 0.588. The second-order valence-electron chi connectivity index (χ2n) is 6.27. The molecule has 0 unspecified atom stereocenters. The fourth-order valence-corrected chi connectivity index (χ4v) is 2.77. The Morgan fingerprint density at radius 3 is 2.81 bits per heavy atom. The smallest absolute Gasteiger partial charge is 0.330 e. The Labute approximate surface area is 155 Å². The number of benzene rings is 1. The lowest BCUT2D eigenvalue weighted by Gasteiger charge is -2.03. The molecule has 3 rings (SSSR count). The third-order valence-electron chi connectivity index (χ3n) is 4.22. The number of amides is 1. The normalized spacial score (nSPS) is 11.3. The van der Waals surface area contributed by atoms with Crippen LogP contribution in [0.1, 0.15) is 17.8 Å². The van der Waals surface area contributed by atoms with Crippen LogP contribution in [0.2, 0.25) is 0 Å². The van der Waals surface area contributed by atoms with Crippen LogP contribution in [0, 0.1) is 0 Å². The molecular weight excluding hydrogens is 346 g/mol. The van der Waals surface area contributed by atoms with Crippen molar-refractivity contribution in [3.8, 4) is 0 Å². The highest BCUT2D eigenvalue weighted by Gasteiger charge is 2.05. The van der Waals surface area contributed by atoms with Gasteiger partial charge < -0.3 is 14.9 Å². The Bertz CT molecular complexity index is 1090. The summed E-state index contributed by atoms with van der Waals surface area (Å²) < 4.78 is 2.30. The summed E-state index contributed by atoms with van der Waals surface area (Å²) in [6, 6.07) is 7.82. The summed E-state index contributed by atoms with van der Waals surface area (Å²) in [4.78, 5) is 43.3. The Hall–Kier alpha value is -3.42. The molecule has 8 nitrogen and oxygen atoms in total. The summed E-state index contributed by atoms with van der Waals surface area (Å²) in [7, 11) is 2.96. The van der Waals surface area contributed by atoms with Gasteiger partial charge in [0.05, 0.1) is 16.6 Å². The molecule has 140 valence electrons. The lowest BCUT2D eigenvalue weighted by Crippen LogP contribution is -2.37. The summed E-state index contributed by atoms with van der Waals surface area (Å²) >= 11 is 0. The molecule has 0 spiro atoms. The molecule has 8 heteroatoms. The van der Waals surface area contributed by atoms with Crippen molar-refractivity contribution in [1.29, 1.82) is 0 Å². The zero-order chi connectivity index (χ0) is 19.4. The van der Waals surface area contributed by atoms with E-state index in [-0.39, 0.29) is 11.5 Å². The van der Waals surface area contributed by atoms with Gasteiger partial charge in [-0.25, -0.2) is 9.78 Å². The van der Waals surface area contributed by atoms with Crippen molar-refractivity contribution in [3.05, 3.63) is 68.8 Å². The van der Waals surface area contributed by atoms with E-state index in [4.69, 9.17) is 0 Å². The van der Waals surface area contributed by atoms with Gasteiger partial charge in [0.15, 0.2) is 0 Å². The average molecular weight is 367 g/mol. The number of H-pyrrole nitrogens is 1. The van der Waals surface area contributed by atoms with Gasteiger partial charge in [0.2, 0.25) is 5.91 Å². The summed E-state index contributed by atoms with van der Waals surface area (Å²) in [6.07, 6.45) is 5.58. The molecule has 0 aliphatic carbocycles. The van der Waals surface area contributed by atoms with Gasteiger partial charge in [-0.1, -0.05) is 12.1 Å². The summed E-state index contributed by atoms with van der Waals surface area (Å²) in [6.45, 7) is 0.492. The highest BCUT2D eigenvalue weighted by molar-refractivity contribution is 5.91. The van der Waals surface area contributed by atoms with E-state index in [1.54, 1.807) is 7.05 Å². The van der Waals surface area contributed by atoms with E-state index >= 15 is 0 Å². The SMILES string of the molecule is Cn1cc(/C=C/C(=O)NCCCc2nc3ccccc3[nH]2)c(=O)n(C)c1=O. The lowest BCUT2D eigenvalue weighted by molar-refractivity contribution is -0.116. The van der Waals surface area contributed by atoms with Crippen molar-refractivity contribution >= 4 is 23.0 Å². The van der Waals surface area contributed by atoms with Crippen LogP contribution in [0.15, 0.2) is 46.1 Å². The topological polar surface area (TPSA) is 102 Å². The van der Waals surface area contributed by atoms with Crippen molar-refractivity contribution in [3.63, 3.8) is 0 Å². The number of rotatable bonds is 6. The van der Waals surface area contributed by atoms with Crippen LogP contribution in [-0.2, 0) is 25.3 Å². The number of para-hydroxylation sites is 2. The maximum atomic E-state index is 12.0. The van der Waals surface area contributed by atoms with E-state index < -0.39 is 11.2 Å². The number of aryl methyl sites for hydroxylation is 2. The second kappa shape index (κ2) is 7.86. The Morgan fingerprint density at radius 2 is 2.04 bits per heavy atom. The first-order chi connectivity index (χ1) is 13.0. The molecule has 0 radical (unpaired) electrons. The molecular formula is C19H21N5O3. The molecule has 1 amide bonds. The fraction of sp³-hybridized carbons (Fsp3) is 0.263. The Kier molecular flexibility index (Phi) is 5.35. The maximum Gasteiger partial charge on any atom is 0.330 e. The molecule has 1 aromatic carbocycles. The zero-order valence-corrected chi connectivity index (χ0v) is 15.2. The molecule has 0 aliphatic heterocycles. The van der Waals surface area contributed by atoms with Crippen molar-refractivity contribution in [2.24, 2.45) is 14.1 Å². The molecule has 3 aromatic rings. The highest BCUT2D eigenvalue weighted by Crippen LogP contribution is 2.11. The number of nitrogens with one attached hydrogen (secondary N) is 2. The third-order valence-corrected chi connectivity index (χ3v) is 4.22. The van der Waals surface area contributed by atoms with Crippen LogP contribution in [-0.4, -0.2) is 31.6 Å². The first-order valence-electron chi connectivity index (χ1n) is 8.62. The number of carbonyl (C=O) groups excluding carboxylic acids is 1. The minimum Gasteiger partial charge on any atom is -0.353 e. The Morgan fingerprint density at radius 1 is 1.26 bits per heavy atom. The number of hydrogen-bond acceptors (Lipinski definition) is 4. The predicted octanol–water partition coefficient (Wildman–Crippen LogP) is 0.722. The van der Waals surface area contributed by atoms with E-state index in [2.05, 4.69) is 15.3 Å². The molecule has 0 atom stereocenters. The van der Waals surface area contributed by atoms with Gasteiger partial charge in [-0.05, 0) is 24.6 Å². The van der Waals surface area contributed by atoms with Crippen LogP contribution in [0.25, 0.3) is 17.1 Å². The average Bonchev–Trinajstić information content (AvgIpc) is 3.08. The molecule has 2 N–H and O–H groups in total. The number of imidazole rings is 1. The second-order valence-corrected chi connectivity index (χ2v) is 6.27. The fourth-order valence-electron chi connectivity index (χ4n) is 2.77. The van der Waals surface area contributed by atoms with Crippen molar-refractivity contribution < 1.29 is 4.79 Å². The van der Waals surface area contributed by atoms with Crippen LogP contribution in [0.4, 0.5) is 0 Å². The van der Waals surface area contributed by atoms with Gasteiger partial charge in [0.25, 0.3) is 5.56 Å². The molecule has 0 bridgehead atoms. The molecule has 0 saturated carbocycles. The number of nitrogens with zero attached hydrogens (tertiary/aromatic N) is 3. The lowest BCUT2D eigenvalue weighted by atomic mass is 10.2. The predicted molar refractivity (Wildman–Crippen MR) is 103 cm³/mol. The van der Waals surface area contributed by atoms with Crippen molar-refractivity contribution in [2.75, 3.05) is 6.54 Å². The Balaban J connectivity index is 1.52. The molecule has 2 aromatic heterocycles. The number of fused-ring (bicyclic) bond motifs is 1. The molecule has 2 heterocycles. The first kappa shape index (κ1) is 18.4. The number of carbonyl (C=O) groups is 1. The standard InChI is InChI=1S/C19H21N5O3/c1-23-12-13(18(26)24(2)19(23)27)9-10-17(25)20-11-5-8-16-21-14-6-3-4-7-15(14)22-16/h3-4,6-7,9-10,12H,5,8,11H2,1-2H3,(H,20,25)(H,21,22)/b10-9+. The van der Waals surface area contributed by atoms with E-state index in [1.807, 2.05) is 24.3 Å². The van der Waals surface area contributed by atoms with Crippen LogP contribution in [0.5, 0.6) is 0 Å².